The molecule has 3 aromatic rings. The van der Waals surface area contributed by atoms with Gasteiger partial charge in [-0.05, 0) is 25.3 Å². The molecule has 0 saturated heterocycles. The van der Waals surface area contributed by atoms with Crippen molar-refractivity contribution in [2.45, 2.75) is 57.5 Å². The van der Waals surface area contributed by atoms with Crippen molar-refractivity contribution in [3.63, 3.8) is 0 Å². The topological polar surface area (TPSA) is 95.6 Å². The number of hydrogen-bond donors (Lipinski definition) is 3. The molecule has 0 bridgehead atoms. The number of nitrogens with zero attached hydrogens (tertiary/aromatic N) is 3. The molecule has 4 rings (SSSR count). The van der Waals surface area contributed by atoms with E-state index in [-0.39, 0.29) is 23.8 Å². The molecule has 0 aromatic carbocycles. The molecule has 7 nitrogen and oxygen atoms in total. The van der Waals surface area contributed by atoms with Gasteiger partial charge in [0.2, 0.25) is 5.91 Å². The Kier molecular flexibility index (Phi) is 6.13. The minimum absolute atomic E-state index is 0.0308. The Hall–Kier alpha value is -2.74. The van der Waals surface area contributed by atoms with Crippen LogP contribution in [-0.4, -0.2) is 37.9 Å². The summed E-state index contributed by atoms with van der Waals surface area (Å²) in [5.74, 6) is 0.00440. The molecule has 0 aliphatic heterocycles. The van der Waals surface area contributed by atoms with Crippen molar-refractivity contribution in [1.29, 1.82) is 0 Å². The van der Waals surface area contributed by atoms with Crippen LogP contribution in [0.5, 0.6) is 0 Å². The number of nitrogens with one attached hydrogen (secondary N) is 3. The van der Waals surface area contributed by atoms with Crippen LogP contribution in [0.25, 0.3) is 22.4 Å². The predicted molar refractivity (Wildman–Crippen MR) is 115 cm³/mol. The smallest absolute Gasteiger partial charge is 0.220 e. The summed E-state index contributed by atoms with van der Waals surface area (Å²) in [7, 11) is 0. The Balaban J connectivity index is 1.59. The number of pyridine rings is 1. The maximum atomic E-state index is 14.5. The summed E-state index contributed by atoms with van der Waals surface area (Å²) in [6.45, 7) is 1.97. The molecule has 158 valence electrons. The highest BCUT2D eigenvalue weighted by Gasteiger charge is 2.27. The first-order valence-electron chi connectivity index (χ1n) is 10.3. The van der Waals surface area contributed by atoms with E-state index in [4.69, 9.17) is 11.6 Å². The number of carbonyl (C=O) groups excluding carboxylic acids is 1. The summed E-state index contributed by atoms with van der Waals surface area (Å²) in [6.07, 6.45) is 9.49. The number of aromatic amines is 1. The van der Waals surface area contributed by atoms with Crippen LogP contribution in [-0.2, 0) is 4.79 Å². The fourth-order valence-corrected chi connectivity index (χ4v) is 4.08. The minimum Gasteiger partial charge on any atom is -0.363 e. The second-order valence-electron chi connectivity index (χ2n) is 7.60. The van der Waals surface area contributed by atoms with Gasteiger partial charge < -0.3 is 15.6 Å². The molecule has 1 aliphatic rings. The molecule has 0 spiro atoms. The Morgan fingerprint density at radius 2 is 2.07 bits per heavy atom. The molecule has 30 heavy (non-hydrogen) atoms. The zero-order chi connectivity index (χ0) is 21.1. The van der Waals surface area contributed by atoms with E-state index in [9.17, 15) is 9.18 Å². The molecule has 1 amide bonds. The van der Waals surface area contributed by atoms with Gasteiger partial charge in [-0.15, -0.1) is 0 Å². The number of fused-ring (bicyclic) bond motifs is 1. The van der Waals surface area contributed by atoms with E-state index in [1.807, 2.05) is 6.92 Å². The van der Waals surface area contributed by atoms with Gasteiger partial charge in [0, 0.05) is 41.8 Å². The summed E-state index contributed by atoms with van der Waals surface area (Å²) < 4.78 is 14.5. The lowest BCUT2D eigenvalue weighted by molar-refractivity contribution is -0.122. The van der Waals surface area contributed by atoms with Gasteiger partial charge in [-0.1, -0.05) is 31.4 Å². The number of H-pyrrole nitrogens is 1. The zero-order valence-electron chi connectivity index (χ0n) is 16.7. The van der Waals surface area contributed by atoms with E-state index >= 15 is 0 Å². The lowest BCUT2D eigenvalue weighted by Crippen LogP contribution is -2.48. The van der Waals surface area contributed by atoms with Crippen LogP contribution < -0.4 is 10.6 Å². The Labute approximate surface area is 178 Å². The maximum absolute atomic E-state index is 14.5. The minimum atomic E-state index is -0.529. The zero-order valence-corrected chi connectivity index (χ0v) is 17.5. The third-order valence-corrected chi connectivity index (χ3v) is 5.60. The molecular formula is C21H24ClFN6O. The van der Waals surface area contributed by atoms with E-state index in [1.165, 1.54) is 0 Å². The van der Waals surface area contributed by atoms with E-state index in [0.717, 1.165) is 43.7 Å². The van der Waals surface area contributed by atoms with Crippen molar-refractivity contribution >= 4 is 34.4 Å². The van der Waals surface area contributed by atoms with Crippen molar-refractivity contribution in [2.24, 2.45) is 0 Å². The van der Waals surface area contributed by atoms with Gasteiger partial charge in [-0.2, -0.15) is 0 Å². The number of halogens is 2. The van der Waals surface area contributed by atoms with Crippen LogP contribution in [0.4, 0.5) is 10.2 Å². The largest absolute Gasteiger partial charge is 0.363 e. The first-order valence-corrected chi connectivity index (χ1v) is 10.6. The van der Waals surface area contributed by atoms with Gasteiger partial charge in [-0.3, -0.25) is 4.79 Å². The van der Waals surface area contributed by atoms with Gasteiger partial charge in [0.05, 0.1) is 11.2 Å². The standard InChI is InChI=1S/C21H24ClFN6O/c1-2-5-18(30)27-16-6-3-4-7-17(16)28-21-15(23)11-26-20(29-21)14-10-25-19-13(14)8-12(22)9-24-19/h8-11,16-17H,2-7H2,1H3,(H,24,25)(H,27,30)(H,26,28,29)/t16-,17-/m0/s1. The molecule has 1 aliphatic carbocycles. The number of rotatable bonds is 6. The third kappa shape index (κ3) is 4.38. The Morgan fingerprint density at radius 1 is 1.27 bits per heavy atom. The number of aromatic nitrogens is 4. The highest BCUT2D eigenvalue weighted by atomic mass is 35.5. The van der Waals surface area contributed by atoms with Gasteiger partial charge in [0.15, 0.2) is 17.5 Å². The van der Waals surface area contributed by atoms with E-state index < -0.39 is 5.82 Å². The van der Waals surface area contributed by atoms with Crippen molar-refractivity contribution < 1.29 is 9.18 Å². The van der Waals surface area contributed by atoms with Crippen molar-refractivity contribution in [2.75, 3.05) is 5.32 Å². The maximum Gasteiger partial charge on any atom is 0.220 e. The van der Waals surface area contributed by atoms with Gasteiger partial charge >= 0.3 is 0 Å². The Morgan fingerprint density at radius 3 is 2.87 bits per heavy atom. The molecular weight excluding hydrogens is 407 g/mol. The normalized spacial score (nSPS) is 19.0. The van der Waals surface area contributed by atoms with Gasteiger partial charge in [0.1, 0.15) is 5.65 Å². The van der Waals surface area contributed by atoms with E-state index in [1.54, 1.807) is 18.5 Å². The third-order valence-electron chi connectivity index (χ3n) is 5.39. The van der Waals surface area contributed by atoms with Crippen LogP contribution in [0.3, 0.4) is 0 Å². The van der Waals surface area contributed by atoms with Crippen LogP contribution in [0.1, 0.15) is 45.4 Å². The van der Waals surface area contributed by atoms with Crippen molar-refractivity contribution in [3.8, 4) is 11.4 Å². The first kappa shape index (κ1) is 20.5. The lowest BCUT2D eigenvalue weighted by Gasteiger charge is -2.33. The highest BCUT2D eigenvalue weighted by molar-refractivity contribution is 6.31. The van der Waals surface area contributed by atoms with Gasteiger partial charge in [-0.25, -0.2) is 19.3 Å². The fraction of sp³-hybridized carbons (Fsp3) is 0.429. The van der Waals surface area contributed by atoms with Crippen molar-refractivity contribution in [3.05, 3.63) is 35.5 Å². The average Bonchev–Trinajstić information content (AvgIpc) is 3.14. The SMILES string of the molecule is CCCC(=O)N[C@H]1CCCC[C@@H]1Nc1nc(-c2c[nH]c3ncc(Cl)cc23)ncc1F. The van der Waals surface area contributed by atoms with Gasteiger partial charge in [0.25, 0.3) is 0 Å². The molecule has 2 atom stereocenters. The van der Waals surface area contributed by atoms with Crippen LogP contribution in [0.15, 0.2) is 24.7 Å². The highest BCUT2D eigenvalue weighted by Crippen LogP contribution is 2.29. The molecule has 1 saturated carbocycles. The second kappa shape index (κ2) is 8.95. The van der Waals surface area contributed by atoms with Crippen LogP contribution in [0, 0.1) is 5.82 Å². The number of amides is 1. The van der Waals surface area contributed by atoms with E-state index in [0.29, 0.717) is 28.5 Å². The second-order valence-corrected chi connectivity index (χ2v) is 8.04. The monoisotopic (exact) mass is 430 g/mol. The molecule has 0 unspecified atom stereocenters. The Bertz CT molecular complexity index is 1060. The summed E-state index contributed by atoms with van der Waals surface area (Å²) in [4.78, 5) is 28.0. The molecule has 3 N–H and O–H groups in total. The first-order chi connectivity index (χ1) is 14.5. The van der Waals surface area contributed by atoms with Crippen molar-refractivity contribution in [1.82, 2.24) is 25.3 Å². The number of hydrogen-bond acceptors (Lipinski definition) is 5. The lowest BCUT2D eigenvalue weighted by atomic mass is 9.90. The average molecular weight is 431 g/mol. The predicted octanol–water partition coefficient (Wildman–Crippen LogP) is 4.45. The molecule has 1 fully saturated rings. The molecule has 0 radical (unpaired) electrons. The summed E-state index contributed by atoms with van der Waals surface area (Å²) in [6, 6.07) is 1.64. The quantitative estimate of drug-likeness (QED) is 0.537. The molecule has 3 heterocycles. The fourth-order valence-electron chi connectivity index (χ4n) is 3.92. The summed E-state index contributed by atoms with van der Waals surface area (Å²) in [5.41, 5.74) is 1.35. The summed E-state index contributed by atoms with van der Waals surface area (Å²) >= 11 is 6.08. The van der Waals surface area contributed by atoms with Crippen LogP contribution in [0.2, 0.25) is 5.02 Å². The summed E-state index contributed by atoms with van der Waals surface area (Å²) in [5, 5.41) is 7.57. The van der Waals surface area contributed by atoms with E-state index in [2.05, 4.69) is 30.6 Å². The number of anilines is 1. The number of carbonyl (C=O) groups is 1. The molecule has 3 aromatic heterocycles. The van der Waals surface area contributed by atoms with Crippen LogP contribution >= 0.6 is 11.6 Å². The molecule has 9 heteroatoms.